The molecule has 0 saturated carbocycles. The smallest absolute Gasteiger partial charge is 0.253 e. The Labute approximate surface area is 164 Å². The monoisotopic (exact) mass is 383 g/mol. The summed E-state index contributed by atoms with van der Waals surface area (Å²) in [7, 11) is 8.42. The molecule has 3 rings (SSSR count). The van der Waals surface area contributed by atoms with Crippen molar-refractivity contribution in [2.45, 2.75) is 13.5 Å². The lowest BCUT2D eigenvalue weighted by molar-refractivity contribution is 0.0785. The number of imidazole rings is 1. The number of hydrogen-bond donors (Lipinski definition) is 0. The third-order valence-electron chi connectivity index (χ3n) is 4.84. The van der Waals surface area contributed by atoms with Crippen molar-refractivity contribution in [3.8, 4) is 17.2 Å². The molecule has 7 nitrogen and oxygen atoms in total. The van der Waals surface area contributed by atoms with E-state index in [1.54, 1.807) is 33.3 Å². The summed E-state index contributed by atoms with van der Waals surface area (Å²) in [4.78, 5) is 19.1. The van der Waals surface area contributed by atoms with E-state index in [2.05, 4.69) is 4.98 Å². The maximum atomic E-state index is 12.9. The molecule has 0 aliphatic rings. The highest BCUT2D eigenvalue weighted by Crippen LogP contribution is 2.38. The molecule has 3 aromatic rings. The number of benzene rings is 2. The van der Waals surface area contributed by atoms with E-state index >= 15 is 0 Å². The second-order valence-electron chi connectivity index (χ2n) is 6.62. The van der Waals surface area contributed by atoms with E-state index in [1.165, 1.54) is 0 Å². The molecule has 148 valence electrons. The van der Waals surface area contributed by atoms with E-state index in [-0.39, 0.29) is 5.91 Å². The molecule has 0 atom stereocenters. The standard InChI is InChI=1S/C21H25N3O4/c1-13-22-16-11-15(7-8-17(16)24(13)3)21(25)23(2)12-14-9-18(26-4)20(28-6)19(10-14)27-5/h7-11H,12H2,1-6H3. The van der Waals surface area contributed by atoms with E-state index in [1.807, 2.05) is 48.9 Å². The Balaban J connectivity index is 1.86. The molecular formula is C21H25N3O4. The SMILES string of the molecule is COc1cc(CN(C)C(=O)c2ccc3c(c2)nc(C)n3C)cc(OC)c1OC. The number of aryl methyl sites for hydroxylation is 2. The van der Waals surface area contributed by atoms with Crippen LogP contribution < -0.4 is 14.2 Å². The van der Waals surface area contributed by atoms with Gasteiger partial charge in [0.05, 0.1) is 32.4 Å². The fraction of sp³-hybridized carbons (Fsp3) is 0.333. The number of carbonyl (C=O) groups is 1. The minimum atomic E-state index is -0.0843. The number of methoxy groups -OCH3 is 3. The van der Waals surface area contributed by atoms with Gasteiger partial charge in [-0.05, 0) is 42.8 Å². The Kier molecular flexibility index (Phi) is 5.44. The first-order valence-corrected chi connectivity index (χ1v) is 8.87. The second-order valence-corrected chi connectivity index (χ2v) is 6.62. The Bertz CT molecular complexity index is 1000. The van der Waals surface area contributed by atoms with Crippen LogP contribution in [0.5, 0.6) is 17.2 Å². The number of aromatic nitrogens is 2. The number of hydrogen-bond acceptors (Lipinski definition) is 5. The van der Waals surface area contributed by atoms with Crippen molar-refractivity contribution in [1.82, 2.24) is 14.5 Å². The van der Waals surface area contributed by atoms with Gasteiger partial charge >= 0.3 is 0 Å². The molecule has 0 N–H and O–H groups in total. The van der Waals surface area contributed by atoms with Gasteiger partial charge in [0.15, 0.2) is 11.5 Å². The van der Waals surface area contributed by atoms with E-state index < -0.39 is 0 Å². The Morgan fingerprint density at radius 3 is 2.29 bits per heavy atom. The lowest BCUT2D eigenvalue weighted by atomic mass is 10.1. The molecule has 0 unspecified atom stereocenters. The van der Waals surface area contributed by atoms with Crippen molar-refractivity contribution in [3.05, 3.63) is 47.3 Å². The number of amides is 1. The van der Waals surface area contributed by atoms with E-state index in [4.69, 9.17) is 14.2 Å². The number of nitrogens with zero attached hydrogens (tertiary/aromatic N) is 3. The predicted octanol–water partition coefficient (Wildman–Crippen LogP) is 3.18. The van der Waals surface area contributed by atoms with Crippen LogP contribution in [0.4, 0.5) is 0 Å². The highest BCUT2D eigenvalue weighted by Gasteiger charge is 2.18. The summed E-state index contributed by atoms with van der Waals surface area (Å²) < 4.78 is 18.1. The number of ether oxygens (including phenoxy) is 3. The summed E-state index contributed by atoms with van der Waals surface area (Å²) in [5.74, 6) is 2.47. The van der Waals surface area contributed by atoms with E-state index in [9.17, 15) is 4.79 Å². The minimum absolute atomic E-state index is 0.0843. The van der Waals surface area contributed by atoms with Crippen LogP contribution in [0.3, 0.4) is 0 Å². The third kappa shape index (κ3) is 3.47. The molecule has 28 heavy (non-hydrogen) atoms. The third-order valence-corrected chi connectivity index (χ3v) is 4.84. The normalized spacial score (nSPS) is 10.8. The van der Waals surface area contributed by atoms with Crippen molar-refractivity contribution in [2.75, 3.05) is 28.4 Å². The molecular weight excluding hydrogens is 358 g/mol. The fourth-order valence-electron chi connectivity index (χ4n) is 3.25. The van der Waals surface area contributed by atoms with Gasteiger partial charge in [-0.1, -0.05) is 0 Å². The van der Waals surface area contributed by atoms with E-state index in [0.29, 0.717) is 29.4 Å². The second kappa shape index (κ2) is 7.80. The summed E-state index contributed by atoms with van der Waals surface area (Å²) in [6, 6.07) is 9.27. The lowest BCUT2D eigenvalue weighted by Crippen LogP contribution is -2.26. The number of rotatable bonds is 6. The van der Waals surface area contributed by atoms with Gasteiger partial charge in [0.25, 0.3) is 5.91 Å². The minimum Gasteiger partial charge on any atom is -0.493 e. The Morgan fingerprint density at radius 2 is 1.71 bits per heavy atom. The summed E-state index contributed by atoms with van der Waals surface area (Å²) in [5.41, 5.74) is 3.29. The zero-order valence-corrected chi connectivity index (χ0v) is 17.1. The van der Waals surface area contributed by atoms with Gasteiger partial charge in [-0.15, -0.1) is 0 Å². The maximum Gasteiger partial charge on any atom is 0.253 e. The Morgan fingerprint density at radius 1 is 1.07 bits per heavy atom. The summed E-state index contributed by atoms with van der Waals surface area (Å²) in [6.07, 6.45) is 0. The number of fused-ring (bicyclic) bond motifs is 1. The molecule has 1 amide bonds. The summed E-state index contributed by atoms with van der Waals surface area (Å²) >= 11 is 0. The molecule has 0 fully saturated rings. The highest BCUT2D eigenvalue weighted by molar-refractivity contribution is 5.97. The van der Waals surface area contributed by atoms with Gasteiger partial charge in [-0.3, -0.25) is 4.79 Å². The lowest BCUT2D eigenvalue weighted by Gasteiger charge is -2.19. The van der Waals surface area contributed by atoms with Gasteiger partial charge in [-0.25, -0.2) is 4.98 Å². The highest BCUT2D eigenvalue weighted by atomic mass is 16.5. The summed E-state index contributed by atoms with van der Waals surface area (Å²) in [6.45, 7) is 2.34. The predicted molar refractivity (Wildman–Crippen MR) is 107 cm³/mol. The van der Waals surface area contributed by atoms with Crippen LogP contribution >= 0.6 is 0 Å². The fourth-order valence-corrected chi connectivity index (χ4v) is 3.25. The van der Waals surface area contributed by atoms with Crippen molar-refractivity contribution >= 4 is 16.9 Å². The van der Waals surface area contributed by atoms with Crippen LogP contribution in [0.15, 0.2) is 30.3 Å². The quantitative estimate of drug-likeness (QED) is 0.654. The molecule has 2 aromatic carbocycles. The topological polar surface area (TPSA) is 65.8 Å². The van der Waals surface area contributed by atoms with Crippen LogP contribution in [0, 0.1) is 6.92 Å². The van der Waals surface area contributed by atoms with Gasteiger partial charge < -0.3 is 23.7 Å². The average molecular weight is 383 g/mol. The molecule has 0 aliphatic carbocycles. The van der Waals surface area contributed by atoms with Crippen molar-refractivity contribution in [3.63, 3.8) is 0 Å². The number of carbonyl (C=O) groups excluding carboxylic acids is 1. The zero-order chi connectivity index (χ0) is 20.4. The molecule has 0 spiro atoms. The van der Waals surface area contributed by atoms with Crippen LogP contribution in [0.2, 0.25) is 0 Å². The molecule has 0 bridgehead atoms. The average Bonchev–Trinajstić information content (AvgIpc) is 2.99. The molecule has 1 aromatic heterocycles. The maximum absolute atomic E-state index is 12.9. The molecule has 0 saturated heterocycles. The van der Waals surface area contributed by atoms with Crippen molar-refractivity contribution in [1.29, 1.82) is 0 Å². The largest absolute Gasteiger partial charge is 0.493 e. The molecule has 7 heteroatoms. The molecule has 1 heterocycles. The van der Waals surface area contributed by atoms with Crippen molar-refractivity contribution in [2.24, 2.45) is 7.05 Å². The van der Waals surface area contributed by atoms with Gasteiger partial charge in [0.2, 0.25) is 5.75 Å². The first-order chi connectivity index (χ1) is 13.4. The zero-order valence-electron chi connectivity index (χ0n) is 17.1. The van der Waals surface area contributed by atoms with Gasteiger partial charge in [0.1, 0.15) is 5.82 Å². The van der Waals surface area contributed by atoms with E-state index in [0.717, 1.165) is 22.4 Å². The first-order valence-electron chi connectivity index (χ1n) is 8.87. The van der Waals surface area contributed by atoms with Crippen LogP contribution in [-0.4, -0.2) is 48.7 Å². The van der Waals surface area contributed by atoms with Gasteiger partial charge in [0, 0.05) is 26.2 Å². The Hall–Kier alpha value is -3.22. The van der Waals surface area contributed by atoms with Gasteiger partial charge in [-0.2, -0.15) is 0 Å². The van der Waals surface area contributed by atoms with Crippen LogP contribution in [0.1, 0.15) is 21.7 Å². The molecule has 0 radical (unpaired) electrons. The van der Waals surface area contributed by atoms with Crippen LogP contribution in [0.25, 0.3) is 11.0 Å². The first kappa shape index (κ1) is 19.5. The molecule has 0 aliphatic heterocycles. The van der Waals surface area contributed by atoms with Crippen molar-refractivity contribution < 1.29 is 19.0 Å². The summed E-state index contributed by atoms with van der Waals surface area (Å²) in [5, 5.41) is 0. The van der Waals surface area contributed by atoms with Crippen LogP contribution in [-0.2, 0) is 13.6 Å².